The molecule has 0 fully saturated rings. The summed E-state index contributed by atoms with van der Waals surface area (Å²) in [5.41, 5.74) is -5.52. The van der Waals surface area contributed by atoms with Crippen molar-refractivity contribution in [3.63, 3.8) is 0 Å². The summed E-state index contributed by atoms with van der Waals surface area (Å²) >= 11 is 3.12. The minimum absolute atomic E-state index is 0.105. The average Bonchev–Trinajstić information content (AvgIpc) is 2.11. The van der Waals surface area contributed by atoms with Gasteiger partial charge in [-0.3, -0.25) is 0 Å². The summed E-state index contributed by atoms with van der Waals surface area (Å²) < 4.78 is 89.0. The van der Waals surface area contributed by atoms with E-state index in [1.807, 2.05) is 0 Å². The number of hydrogen-bond acceptors (Lipinski definition) is 0. The van der Waals surface area contributed by atoms with Crippen LogP contribution in [0.15, 0.2) is 12.1 Å². The van der Waals surface area contributed by atoms with E-state index in [1.54, 1.807) is 45.2 Å². The van der Waals surface area contributed by atoms with E-state index in [9.17, 15) is 30.7 Å². The molecule has 0 saturated carbocycles. The molecule has 0 aliphatic carbocycles. The van der Waals surface area contributed by atoms with Crippen LogP contribution in [0.5, 0.6) is 0 Å². The molecule has 0 N–H and O–H groups in total. The fourth-order valence-corrected chi connectivity index (χ4v) is 3.14. The molecule has 0 aromatic heterocycles. The van der Waals surface area contributed by atoms with Gasteiger partial charge in [-0.1, -0.05) is 0 Å². The number of benzene rings is 1. The lowest BCUT2D eigenvalue weighted by Gasteiger charge is -2.29. The van der Waals surface area contributed by atoms with Crippen LogP contribution in [0.1, 0.15) is 12.0 Å². The second-order valence-corrected chi connectivity index (χ2v) is 5.98. The standard InChI is InChI=1S/C10H4F7I2/c11-8(10(15,16)17,4-9(12,13)14)5-1-6(18)3-7(19)2-5/h1-2H,4H2. The minimum Gasteiger partial charge on any atom is -0.228 e. The van der Waals surface area contributed by atoms with Crippen molar-refractivity contribution in [2.75, 3.05) is 0 Å². The Balaban J connectivity index is 3.40. The first-order valence-corrected chi connectivity index (χ1v) is 6.72. The number of alkyl halides is 7. The first-order valence-electron chi connectivity index (χ1n) is 4.56. The lowest BCUT2D eigenvalue weighted by Crippen LogP contribution is -2.42. The van der Waals surface area contributed by atoms with Crippen LogP contribution in [-0.2, 0) is 5.67 Å². The average molecular weight is 511 g/mol. The highest BCUT2D eigenvalue weighted by Gasteiger charge is 2.62. The Hall–Kier alpha value is 0.190. The predicted octanol–water partition coefficient (Wildman–Crippen LogP) is 5.38. The molecule has 1 aromatic carbocycles. The SMILES string of the molecule is FC(F)(F)CC(F)(c1cc(I)[c]c(I)c1)C(F)(F)F. The van der Waals surface area contributed by atoms with Crippen molar-refractivity contribution in [1.82, 2.24) is 0 Å². The van der Waals surface area contributed by atoms with Crippen molar-refractivity contribution in [2.24, 2.45) is 0 Å². The fourth-order valence-electron chi connectivity index (χ4n) is 1.37. The maximum Gasteiger partial charge on any atom is 0.427 e. The van der Waals surface area contributed by atoms with Gasteiger partial charge in [0.05, 0.1) is 6.42 Å². The Morgan fingerprint density at radius 3 is 1.63 bits per heavy atom. The first-order chi connectivity index (χ1) is 8.35. The number of halogens is 9. The summed E-state index contributed by atoms with van der Waals surface area (Å²) in [6.45, 7) is 0. The summed E-state index contributed by atoms with van der Waals surface area (Å²) in [6.07, 6.45) is -13.5. The molecule has 19 heavy (non-hydrogen) atoms. The molecular formula is C10H4F7I2. The van der Waals surface area contributed by atoms with Crippen LogP contribution in [0.3, 0.4) is 0 Å². The fraction of sp³-hybridized carbons (Fsp3) is 0.400. The number of hydrogen-bond donors (Lipinski definition) is 0. The summed E-state index contributed by atoms with van der Waals surface area (Å²) in [5, 5.41) is 0. The van der Waals surface area contributed by atoms with E-state index in [2.05, 4.69) is 6.07 Å². The van der Waals surface area contributed by atoms with E-state index in [1.165, 1.54) is 0 Å². The molecular weight excluding hydrogens is 507 g/mol. The molecule has 0 spiro atoms. The molecule has 0 heterocycles. The highest BCUT2D eigenvalue weighted by Crippen LogP contribution is 2.49. The third-order valence-corrected chi connectivity index (χ3v) is 3.32. The van der Waals surface area contributed by atoms with Gasteiger partial charge in [-0.2, -0.15) is 26.3 Å². The maximum absolute atomic E-state index is 14.0. The quantitative estimate of drug-likeness (QED) is 0.370. The highest BCUT2D eigenvalue weighted by molar-refractivity contribution is 14.1. The van der Waals surface area contributed by atoms with Crippen LogP contribution < -0.4 is 0 Å². The Bertz CT molecular complexity index is 446. The van der Waals surface area contributed by atoms with Gasteiger partial charge in [0.15, 0.2) is 0 Å². The molecule has 0 saturated heterocycles. The molecule has 1 aromatic rings. The summed E-state index contributed by atoms with van der Waals surface area (Å²) in [4.78, 5) is 0. The van der Waals surface area contributed by atoms with Crippen LogP contribution in [0.4, 0.5) is 30.7 Å². The molecule has 0 nitrogen and oxygen atoms in total. The van der Waals surface area contributed by atoms with Crippen molar-refractivity contribution in [1.29, 1.82) is 0 Å². The van der Waals surface area contributed by atoms with E-state index in [0.29, 0.717) is 12.1 Å². The van der Waals surface area contributed by atoms with E-state index in [4.69, 9.17) is 0 Å². The first kappa shape index (κ1) is 17.2. The van der Waals surface area contributed by atoms with Gasteiger partial charge in [0.2, 0.25) is 5.67 Å². The monoisotopic (exact) mass is 511 g/mol. The van der Waals surface area contributed by atoms with E-state index in [-0.39, 0.29) is 7.14 Å². The van der Waals surface area contributed by atoms with Gasteiger partial charge in [-0.25, -0.2) is 4.39 Å². The van der Waals surface area contributed by atoms with Gasteiger partial charge in [0, 0.05) is 18.8 Å². The minimum atomic E-state index is -5.66. The van der Waals surface area contributed by atoms with Crippen molar-refractivity contribution in [3.8, 4) is 0 Å². The van der Waals surface area contributed by atoms with Crippen molar-refractivity contribution >= 4 is 45.2 Å². The second-order valence-electron chi connectivity index (χ2n) is 3.66. The van der Waals surface area contributed by atoms with Gasteiger partial charge in [0.25, 0.3) is 0 Å². The maximum atomic E-state index is 14.0. The zero-order valence-corrected chi connectivity index (χ0v) is 13.1. The molecule has 0 amide bonds. The van der Waals surface area contributed by atoms with Crippen LogP contribution in [0, 0.1) is 13.2 Å². The third-order valence-electron chi connectivity index (χ3n) is 2.15. The smallest absolute Gasteiger partial charge is 0.228 e. The Morgan fingerprint density at radius 1 is 0.895 bits per heavy atom. The molecule has 1 rings (SSSR count). The van der Waals surface area contributed by atoms with Crippen LogP contribution in [0.25, 0.3) is 0 Å². The Kier molecular flexibility index (Phi) is 5.01. The Morgan fingerprint density at radius 2 is 1.32 bits per heavy atom. The number of rotatable bonds is 2. The highest BCUT2D eigenvalue weighted by atomic mass is 127. The molecule has 107 valence electrons. The zero-order chi connectivity index (χ0) is 15.1. The molecule has 1 radical (unpaired) electrons. The topological polar surface area (TPSA) is 0 Å². The van der Waals surface area contributed by atoms with Crippen LogP contribution >= 0.6 is 45.2 Å². The van der Waals surface area contributed by atoms with E-state index >= 15 is 0 Å². The van der Waals surface area contributed by atoms with Crippen LogP contribution in [-0.4, -0.2) is 12.4 Å². The molecule has 1 unspecified atom stereocenters. The van der Waals surface area contributed by atoms with Crippen molar-refractivity contribution in [3.05, 3.63) is 30.9 Å². The summed E-state index contributed by atoms with van der Waals surface area (Å²) in [5.74, 6) is 0. The van der Waals surface area contributed by atoms with Crippen LogP contribution in [0.2, 0.25) is 0 Å². The predicted molar refractivity (Wildman–Crippen MR) is 70.2 cm³/mol. The van der Waals surface area contributed by atoms with Gasteiger partial charge in [-0.05, 0) is 57.3 Å². The molecule has 0 bridgehead atoms. The largest absolute Gasteiger partial charge is 0.427 e. The second kappa shape index (κ2) is 5.53. The lowest BCUT2D eigenvalue weighted by molar-refractivity contribution is -0.273. The normalized spacial score (nSPS) is 16.3. The molecule has 0 aliphatic heterocycles. The van der Waals surface area contributed by atoms with Gasteiger partial charge in [-0.15, -0.1) is 0 Å². The van der Waals surface area contributed by atoms with Crippen molar-refractivity contribution < 1.29 is 30.7 Å². The van der Waals surface area contributed by atoms with Gasteiger partial charge in [0.1, 0.15) is 0 Å². The zero-order valence-electron chi connectivity index (χ0n) is 8.76. The third kappa shape index (κ3) is 4.33. The summed E-state index contributed by atoms with van der Waals surface area (Å²) in [7, 11) is 0. The molecule has 9 heteroatoms. The van der Waals surface area contributed by atoms with E-state index < -0.39 is 30.0 Å². The van der Waals surface area contributed by atoms with E-state index in [0.717, 1.165) is 0 Å². The van der Waals surface area contributed by atoms with Gasteiger partial charge >= 0.3 is 12.4 Å². The Labute approximate surface area is 131 Å². The summed E-state index contributed by atoms with van der Waals surface area (Å²) in [6, 6.07) is 3.98. The molecule has 0 aliphatic rings. The van der Waals surface area contributed by atoms with Crippen molar-refractivity contribution in [2.45, 2.75) is 24.4 Å². The molecule has 1 atom stereocenters. The lowest BCUT2D eigenvalue weighted by atomic mass is 9.91. The van der Waals surface area contributed by atoms with Gasteiger partial charge < -0.3 is 0 Å².